The highest BCUT2D eigenvalue weighted by Crippen LogP contribution is 2.39. The molecule has 0 radical (unpaired) electrons. The number of amides is 1. The molecule has 0 spiro atoms. The van der Waals surface area contributed by atoms with Crippen LogP contribution in [0.4, 0.5) is 0 Å². The van der Waals surface area contributed by atoms with Gasteiger partial charge in [0.25, 0.3) is 5.91 Å². The average Bonchev–Trinajstić information content (AvgIpc) is 3.35. The van der Waals surface area contributed by atoms with Crippen LogP contribution in [0.2, 0.25) is 0 Å². The molecule has 1 aliphatic heterocycles. The second-order valence-electron chi connectivity index (χ2n) is 6.40. The van der Waals surface area contributed by atoms with Gasteiger partial charge in [-0.05, 0) is 43.2 Å². The van der Waals surface area contributed by atoms with Gasteiger partial charge < -0.3 is 19.4 Å². The summed E-state index contributed by atoms with van der Waals surface area (Å²) in [4.78, 5) is 22.4. The maximum Gasteiger partial charge on any atom is 0.254 e. The number of methoxy groups -OCH3 is 2. The largest absolute Gasteiger partial charge is 0.497 e. The fourth-order valence-electron chi connectivity index (χ4n) is 3.66. The maximum atomic E-state index is 13.1. The van der Waals surface area contributed by atoms with Gasteiger partial charge in [-0.15, -0.1) is 0 Å². The predicted molar refractivity (Wildman–Crippen MR) is 98.7 cm³/mol. The molecule has 0 unspecified atom stereocenters. The van der Waals surface area contributed by atoms with Crippen molar-refractivity contribution in [1.82, 2.24) is 14.9 Å². The van der Waals surface area contributed by atoms with Crippen molar-refractivity contribution in [2.24, 2.45) is 0 Å². The number of carbonyl (C=O) groups excluding carboxylic acids is 1. The van der Waals surface area contributed by atoms with Crippen molar-refractivity contribution in [3.8, 4) is 11.5 Å². The Morgan fingerprint density at radius 3 is 2.88 bits per heavy atom. The predicted octanol–water partition coefficient (Wildman–Crippen LogP) is 3.56. The summed E-state index contributed by atoms with van der Waals surface area (Å²) in [5.74, 6) is 1.52. The standard InChI is InChI=1S/C20H21N3O3/c1-25-14-6-7-15(19(11-14)26-2)18-4-3-9-23(18)20(24)13-5-8-16-17(10-13)22-12-21-16/h5-8,10-12,18H,3-4,9H2,1-2H3,(H,21,22)/t18-/m0/s1. The first-order chi connectivity index (χ1) is 12.7. The van der Waals surface area contributed by atoms with Crippen molar-refractivity contribution in [2.45, 2.75) is 18.9 Å². The molecular formula is C20H21N3O3. The van der Waals surface area contributed by atoms with Gasteiger partial charge >= 0.3 is 0 Å². The minimum atomic E-state index is 0.000759. The monoisotopic (exact) mass is 351 g/mol. The van der Waals surface area contributed by atoms with E-state index >= 15 is 0 Å². The topological polar surface area (TPSA) is 67.5 Å². The summed E-state index contributed by atoms with van der Waals surface area (Å²) >= 11 is 0. The summed E-state index contributed by atoms with van der Waals surface area (Å²) in [5.41, 5.74) is 3.41. The summed E-state index contributed by atoms with van der Waals surface area (Å²) in [5, 5.41) is 0. The fraction of sp³-hybridized carbons (Fsp3) is 0.300. The summed E-state index contributed by atoms with van der Waals surface area (Å²) < 4.78 is 10.8. The van der Waals surface area contributed by atoms with Crippen LogP contribution in [0.5, 0.6) is 11.5 Å². The minimum Gasteiger partial charge on any atom is -0.497 e. The van der Waals surface area contributed by atoms with Crippen LogP contribution >= 0.6 is 0 Å². The Hall–Kier alpha value is -3.02. The highest BCUT2D eigenvalue weighted by atomic mass is 16.5. The highest BCUT2D eigenvalue weighted by molar-refractivity contribution is 5.97. The number of aromatic amines is 1. The second kappa shape index (κ2) is 6.71. The number of nitrogens with zero attached hydrogens (tertiary/aromatic N) is 2. The molecule has 1 amide bonds. The molecule has 1 aromatic heterocycles. The van der Waals surface area contributed by atoms with Gasteiger partial charge in [0.05, 0.1) is 37.6 Å². The van der Waals surface area contributed by atoms with Crippen LogP contribution < -0.4 is 9.47 Å². The van der Waals surface area contributed by atoms with Crippen molar-refractivity contribution < 1.29 is 14.3 Å². The summed E-state index contributed by atoms with van der Waals surface area (Å²) in [6, 6.07) is 11.4. The Balaban J connectivity index is 1.66. The highest BCUT2D eigenvalue weighted by Gasteiger charge is 2.32. The van der Waals surface area contributed by atoms with Crippen molar-refractivity contribution in [2.75, 3.05) is 20.8 Å². The van der Waals surface area contributed by atoms with Crippen molar-refractivity contribution in [3.63, 3.8) is 0 Å². The van der Waals surface area contributed by atoms with E-state index in [0.29, 0.717) is 5.56 Å². The summed E-state index contributed by atoms with van der Waals surface area (Å²) in [7, 11) is 3.27. The Bertz CT molecular complexity index is 950. The van der Waals surface area contributed by atoms with Crippen molar-refractivity contribution in [3.05, 3.63) is 53.9 Å². The van der Waals surface area contributed by atoms with Gasteiger partial charge in [0.1, 0.15) is 11.5 Å². The van der Waals surface area contributed by atoms with E-state index in [-0.39, 0.29) is 11.9 Å². The number of rotatable bonds is 4. The number of aromatic nitrogens is 2. The zero-order valence-corrected chi connectivity index (χ0v) is 14.9. The van der Waals surface area contributed by atoms with Gasteiger partial charge in [-0.2, -0.15) is 0 Å². The fourth-order valence-corrected chi connectivity index (χ4v) is 3.66. The quantitative estimate of drug-likeness (QED) is 0.780. The minimum absolute atomic E-state index is 0.000759. The van der Waals surface area contributed by atoms with E-state index in [1.165, 1.54) is 0 Å². The van der Waals surface area contributed by atoms with Crippen LogP contribution in [-0.4, -0.2) is 41.5 Å². The van der Waals surface area contributed by atoms with Gasteiger partial charge in [-0.25, -0.2) is 4.98 Å². The molecule has 4 rings (SSSR count). The number of imidazole rings is 1. The van der Waals surface area contributed by atoms with E-state index in [0.717, 1.165) is 47.5 Å². The third kappa shape index (κ3) is 2.77. The number of carbonyl (C=O) groups is 1. The average molecular weight is 351 g/mol. The SMILES string of the molecule is COc1ccc([C@@H]2CCCN2C(=O)c2ccc3nc[nH]c3c2)c(OC)c1. The lowest BCUT2D eigenvalue weighted by Crippen LogP contribution is -2.30. The summed E-state index contributed by atoms with van der Waals surface area (Å²) in [6.45, 7) is 0.736. The van der Waals surface area contributed by atoms with Crippen LogP contribution in [0.15, 0.2) is 42.7 Å². The molecule has 6 heteroatoms. The molecule has 6 nitrogen and oxygen atoms in total. The first-order valence-electron chi connectivity index (χ1n) is 8.67. The smallest absolute Gasteiger partial charge is 0.254 e. The van der Waals surface area contributed by atoms with Gasteiger partial charge in [-0.3, -0.25) is 4.79 Å². The number of ether oxygens (including phenoxy) is 2. The molecule has 3 aromatic rings. The number of likely N-dealkylation sites (tertiary alicyclic amines) is 1. The third-order valence-corrected chi connectivity index (χ3v) is 4.98. The Morgan fingerprint density at radius 1 is 1.19 bits per heavy atom. The molecule has 2 aromatic carbocycles. The Labute approximate surface area is 151 Å². The second-order valence-corrected chi connectivity index (χ2v) is 6.40. The van der Waals surface area contributed by atoms with E-state index in [2.05, 4.69) is 9.97 Å². The van der Waals surface area contributed by atoms with Crippen LogP contribution in [0.1, 0.15) is 34.8 Å². The molecule has 1 saturated heterocycles. The summed E-state index contributed by atoms with van der Waals surface area (Å²) in [6.07, 6.45) is 3.53. The molecule has 134 valence electrons. The molecule has 0 aliphatic carbocycles. The molecule has 1 atom stereocenters. The van der Waals surface area contributed by atoms with E-state index < -0.39 is 0 Å². The molecule has 0 bridgehead atoms. The Kier molecular flexibility index (Phi) is 4.24. The van der Waals surface area contributed by atoms with E-state index in [1.807, 2.05) is 41.3 Å². The lowest BCUT2D eigenvalue weighted by atomic mass is 10.0. The molecule has 1 N–H and O–H groups in total. The maximum absolute atomic E-state index is 13.1. The van der Waals surface area contributed by atoms with Crippen LogP contribution in [0, 0.1) is 0 Å². The molecule has 0 saturated carbocycles. The first-order valence-corrected chi connectivity index (χ1v) is 8.67. The number of fused-ring (bicyclic) bond motifs is 1. The zero-order chi connectivity index (χ0) is 18.1. The van der Waals surface area contributed by atoms with E-state index in [4.69, 9.17) is 9.47 Å². The molecular weight excluding hydrogens is 330 g/mol. The lowest BCUT2D eigenvalue weighted by Gasteiger charge is -2.26. The van der Waals surface area contributed by atoms with Crippen molar-refractivity contribution >= 4 is 16.9 Å². The molecule has 1 aliphatic rings. The molecule has 1 fully saturated rings. The first kappa shape index (κ1) is 16.4. The Morgan fingerprint density at radius 2 is 2.08 bits per heavy atom. The van der Waals surface area contributed by atoms with Gasteiger partial charge in [0.15, 0.2) is 0 Å². The van der Waals surface area contributed by atoms with Gasteiger partial charge in [0.2, 0.25) is 0 Å². The number of hydrogen-bond acceptors (Lipinski definition) is 4. The number of H-pyrrole nitrogens is 1. The van der Waals surface area contributed by atoms with Crippen LogP contribution in [-0.2, 0) is 0 Å². The normalized spacial score (nSPS) is 16.8. The lowest BCUT2D eigenvalue weighted by molar-refractivity contribution is 0.0734. The number of benzene rings is 2. The van der Waals surface area contributed by atoms with Crippen LogP contribution in [0.25, 0.3) is 11.0 Å². The zero-order valence-electron chi connectivity index (χ0n) is 14.9. The van der Waals surface area contributed by atoms with E-state index in [9.17, 15) is 4.79 Å². The van der Waals surface area contributed by atoms with Crippen LogP contribution in [0.3, 0.4) is 0 Å². The van der Waals surface area contributed by atoms with Gasteiger partial charge in [0, 0.05) is 23.7 Å². The molecule has 2 heterocycles. The third-order valence-electron chi connectivity index (χ3n) is 4.98. The molecule has 26 heavy (non-hydrogen) atoms. The van der Waals surface area contributed by atoms with E-state index in [1.54, 1.807) is 20.5 Å². The van der Waals surface area contributed by atoms with Gasteiger partial charge in [-0.1, -0.05) is 0 Å². The number of nitrogens with one attached hydrogen (secondary N) is 1. The number of hydrogen-bond donors (Lipinski definition) is 1. The van der Waals surface area contributed by atoms with Crippen molar-refractivity contribution in [1.29, 1.82) is 0 Å².